The third kappa shape index (κ3) is 2.07. The molecule has 1 aliphatic carbocycles. The van der Waals surface area contributed by atoms with Gasteiger partial charge in [0.1, 0.15) is 17.3 Å². The summed E-state index contributed by atoms with van der Waals surface area (Å²) in [6, 6.07) is 6.72. The molecule has 0 saturated heterocycles. The maximum Gasteiger partial charge on any atom is 0.239 e. The number of nitro groups is 1. The van der Waals surface area contributed by atoms with E-state index < -0.39 is 17.4 Å². The second-order valence-electron chi connectivity index (χ2n) is 5.57. The van der Waals surface area contributed by atoms with Crippen LogP contribution in [-0.4, -0.2) is 16.2 Å². The fourth-order valence-electron chi connectivity index (χ4n) is 3.21. The molecule has 2 aromatic rings. The zero-order chi connectivity index (χ0) is 15.0. The van der Waals surface area contributed by atoms with Crippen molar-refractivity contribution >= 4 is 5.78 Å². The van der Waals surface area contributed by atoms with E-state index in [9.17, 15) is 14.9 Å². The van der Waals surface area contributed by atoms with Crippen LogP contribution in [0.25, 0.3) is 0 Å². The monoisotopic (exact) mass is 289 g/mol. The van der Waals surface area contributed by atoms with Gasteiger partial charge in [0.25, 0.3) is 0 Å². The van der Waals surface area contributed by atoms with Gasteiger partial charge in [-0.2, -0.15) is 0 Å². The van der Waals surface area contributed by atoms with E-state index in [0.717, 1.165) is 0 Å². The van der Waals surface area contributed by atoms with Crippen LogP contribution in [0.5, 0.6) is 0 Å². The van der Waals surface area contributed by atoms with Gasteiger partial charge < -0.3 is 8.83 Å². The molecule has 2 atom stereocenters. The van der Waals surface area contributed by atoms with Gasteiger partial charge in [-0.05, 0) is 24.3 Å². The zero-order valence-electron chi connectivity index (χ0n) is 11.5. The second kappa shape index (κ2) is 4.87. The molecule has 3 rings (SSSR count). The number of furan rings is 2. The molecule has 0 amide bonds. The van der Waals surface area contributed by atoms with E-state index in [1.54, 1.807) is 31.2 Å². The Hall–Kier alpha value is -2.37. The normalized spacial score (nSPS) is 29.5. The average molecular weight is 289 g/mol. The van der Waals surface area contributed by atoms with Gasteiger partial charge in [0, 0.05) is 24.7 Å². The van der Waals surface area contributed by atoms with E-state index in [2.05, 4.69) is 0 Å². The molecule has 0 aliphatic heterocycles. The van der Waals surface area contributed by atoms with Crippen molar-refractivity contribution in [3.8, 4) is 0 Å². The Morgan fingerprint density at radius 3 is 1.95 bits per heavy atom. The standard InChI is InChI=1S/C15H15NO5/c1-15(16(18)19)11(13-4-2-6-20-13)8-10(17)9-12(15)14-5-3-7-21-14/h2-7,11-12H,8-9H2,1H3. The maximum atomic E-state index is 12.1. The molecule has 0 bridgehead atoms. The Morgan fingerprint density at radius 1 is 1.14 bits per heavy atom. The first-order chi connectivity index (χ1) is 10.0. The Labute approximate surface area is 120 Å². The van der Waals surface area contributed by atoms with E-state index in [1.165, 1.54) is 12.5 Å². The molecule has 2 unspecified atom stereocenters. The molecule has 110 valence electrons. The molecule has 2 aromatic heterocycles. The first-order valence-corrected chi connectivity index (χ1v) is 6.76. The number of hydrogen-bond donors (Lipinski definition) is 0. The predicted molar refractivity (Wildman–Crippen MR) is 72.5 cm³/mol. The topological polar surface area (TPSA) is 86.5 Å². The van der Waals surface area contributed by atoms with Crippen LogP contribution in [-0.2, 0) is 4.79 Å². The quantitative estimate of drug-likeness (QED) is 0.640. The molecule has 0 N–H and O–H groups in total. The second-order valence-corrected chi connectivity index (χ2v) is 5.57. The van der Waals surface area contributed by atoms with Crippen molar-refractivity contribution in [1.82, 2.24) is 0 Å². The van der Waals surface area contributed by atoms with Crippen molar-refractivity contribution in [1.29, 1.82) is 0 Å². The molecule has 0 radical (unpaired) electrons. The Bertz CT molecular complexity index is 597. The van der Waals surface area contributed by atoms with Crippen molar-refractivity contribution in [3.05, 3.63) is 58.4 Å². The van der Waals surface area contributed by atoms with Crippen molar-refractivity contribution in [2.24, 2.45) is 0 Å². The van der Waals surface area contributed by atoms with Gasteiger partial charge in [0.2, 0.25) is 5.54 Å². The van der Waals surface area contributed by atoms with Gasteiger partial charge in [-0.15, -0.1) is 0 Å². The summed E-state index contributed by atoms with van der Waals surface area (Å²) in [6.07, 6.45) is 3.16. The number of nitrogens with zero attached hydrogens (tertiary/aromatic N) is 1. The van der Waals surface area contributed by atoms with Gasteiger partial charge in [-0.3, -0.25) is 14.9 Å². The van der Waals surface area contributed by atoms with Gasteiger partial charge in [0.15, 0.2) is 0 Å². The molecule has 1 aliphatic rings. The number of rotatable bonds is 3. The van der Waals surface area contributed by atoms with Crippen LogP contribution in [0.1, 0.15) is 43.1 Å². The van der Waals surface area contributed by atoms with Crippen LogP contribution < -0.4 is 0 Å². The van der Waals surface area contributed by atoms with Crippen molar-refractivity contribution in [2.45, 2.75) is 37.1 Å². The number of carbonyl (C=O) groups excluding carboxylic acids is 1. The highest BCUT2D eigenvalue weighted by atomic mass is 16.6. The number of hydrogen-bond acceptors (Lipinski definition) is 5. The Balaban J connectivity index is 2.11. The smallest absolute Gasteiger partial charge is 0.239 e. The van der Waals surface area contributed by atoms with Gasteiger partial charge in [-0.1, -0.05) is 0 Å². The summed E-state index contributed by atoms with van der Waals surface area (Å²) in [5.41, 5.74) is -1.34. The third-order valence-corrected chi connectivity index (χ3v) is 4.44. The first-order valence-electron chi connectivity index (χ1n) is 6.76. The highest BCUT2D eigenvalue weighted by Gasteiger charge is 2.59. The lowest BCUT2D eigenvalue weighted by atomic mass is 9.65. The lowest BCUT2D eigenvalue weighted by Gasteiger charge is -2.37. The predicted octanol–water partition coefficient (Wildman–Crippen LogP) is 3.14. The molecule has 0 aromatic carbocycles. The number of carbonyl (C=O) groups is 1. The van der Waals surface area contributed by atoms with Gasteiger partial charge >= 0.3 is 0 Å². The minimum Gasteiger partial charge on any atom is -0.469 e. The number of ketones is 1. The summed E-state index contributed by atoms with van der Waals surface area (Å²) >= 11 is 0. The van der Waals surface area contributed by atoms with E-state index in [0.29, 0.717) is 11.5 Å². The van der Waals surface area contributed by atoms with E-state index in [-0.39, 0.29) is 23.5 Å². The minimum absolute atomic E-state index is 0.0166. The first kappa shape index (κ1) is 13.6. The lowest BCUT2D eigenvalue weighted by Crippen LogP contribution is -2.51. The van der Waals surface area contributed by atoms with Gasteiger partial charge in [0.05, 0.1) is 24.4 Å². The largest absolute Gasteiger partial charge is 0.469 e. The Morgan fingerprint density at radius 2 is 1.62 bits per heavy atom. The fraction of sp³-hybridized carbons (Fsp3) is 0.400. The summed E-state index contributed by atoms with van der Waals surface area (Å²) in [5.74, 6) is -0.271. The van der Waals surface area contributed by atoms with Crippen LogP contribution in [0.2, 0.25) is 0 Å². The zero-order valence-corrected chi connectivity index (χ0v) is 11.5. The SMILES string of the molecule is CC1([N+](=O)[O-])C(c2ccco2)CC(=O)CC1c1ccco1. The van der Waals surface area contributed by atoms with Crippen molar-refractivity contribution in [2.75, 3.05) is 0 Å². The van der Waals surface area contributed by atoms with Crippen LogP contribution in [0.4, 0.5) is 0 Å². The fourth-order valence-corrected chi connectivity index (χ4v) is 3.21. The summed E-state index contributed by atoms with van der Waals surface area (Å²) in [5, 5.41) is 11.8. The maximum absolute atomic E-state index is 12.1. The molecule has 6 heteroatoms. The summed E-state index contributed by atoms with van der Waals surface area (Å²) in [6.45, 7) is 1.57. The molecule has 21 heavy (non-hydrogen) atoms. The highest BCUT2D eigenvalue weighted by Crippen LogP contribution is 2.49. The molecule has 0 spiro atoms. The molecule has 2 heterocycles. The van der Waals surface area contributed by atoms with Crippen molar-refractivity contribution < 1.29 is 18.6 Å². The van der Waals surface area contributed by atoms with Crippen LogP contribution >= 0.6 is 0 Å². The molecular weight excluding hydrogens is 274 g/mol. The average Bonchev–Trinajstić information content (AvgIpc) is 3.12. The summed E-state index contributed by atoms with van der Waals surface area (Å²) in [7, 11) is 0. The highest BCUT2D eigenvalue weighted by molar-refractivity contribution is 5.81. The minimum atomic E-state index is -1.34. The third-order valence-electron chi connectivity index (χ3n) is 4.44. The molecule has 6 nitrogen and oxygen atoms in total. The van der Waals surface area contributed by atoms with Crippen LogP contribution in [0, 0.1) is 10.1 Å². The molecular formula is C15H15NO5. The lowest BCUT2D eigenvalue weighted by molar-refractivity contribution is -0.577. The van der Waals surface area contributed by atoms with Crippen LogP contribution in [0.15, 0.2) is 45.6 Å². The Kier molecular flexibility index (Phi) is 3.16. The van der Waals surface area contributed by atoms with Gasteiger partial charge in [-0.25, -0.2) is 0 Å². The number of Topliss-reactive ketones (excluding diaryl/α,β-unsaturated/α-hetero) is 1. The molecule has 1 fully saturated rings. The van der Waals surface area contributed by atoms with E-state index >= 15 is 0 Å². The van der Waals surface area contributed by atoms with Crippen molar-refractivity contribution in [3.63, 3.8) is 0 Å². The summed E-state index contributed by atoms with van der Waals surface area (Å²) < 4.78 is 10.7. The van der Waals surface area contributed by atoms with Crippen LogP contribution in [0.3, 0.4) is 0 Å². The molecule has 1 saturated carbocycles. The van der Waals surface area contributed by atoms with E-state index in [1.807, 2.05) is 0 Å². The summed E-state index contributed by atoms with van der Waals surface area (Å²) in [4.78, 5) is 23.6. The van der Waals surface area contributed by atoms with E-state index in [4.69, 9.17) is 8.83 Å².